The van der Waals surface area contributed by atoms with Crippen molar-refractivity contribution in [2.75, 3.05) is 0 Å². The zero-order valence-electron chi connectivity index (χ0n) is 10.8. The van der Waals surface area contributed by atoms with Crippen molar-refractivity contribution in [3.63, 3.8) is 0 Å². The van der Waals surface area contributed by atoms with Gasteiger partial charge < -0.3 is 11.1 Å². The molecule has 0 radical (unpaired) electrons. The van der Waals surface area contributed by atoms with Crippen LogP contribution in [0.4, 0.5) is 0 Å². The first-order valence-corrected chi connectivity index (χ1v) is 6.46. The topological polar surface area (TPSA) is 80.9 Å². The fourth-order valence-corrected chi connectivity index (χ4v) is 2.36. The van der Waals surface area contributed by atoms with Crippen molar-refractivity contribution in [3.8, 4) is 0 Å². The van der Waals surface area contributed by atoms with E-state index in [1.807, 2.05) is 6.92 Å². The Hall–Kier alpha value is -1.49. The third kappa shape index (κ3) is 3.04. The fourth-order valence-electron chi connectivity index (χ4n) is 2.36. The van der Waals surface area contributed by atoms with Crippen molar-refractivity contribution in [2.45, 2.75) is 51.1 Å². The van der Waals surface area contributed by atoms with E-state index in [-0.39, 0.29) is 5.91 Å². The van der Waals surface area contributed by atoms with E-state index in [1.165, 1.54) is 6.42 Å². The van der Waals surface area contributed by atoms with Crippen molar-refractivity contribution < 1.29 is 4.79 Å². The molecule has 1 aromatic rings. The number of nitrogens with zero attached hydrogens (tertiary/aromatic N) is 2. The number of nitrogens with one attached hydrogen (secondary N) is 1. The van der Waals surface area contributed by atoms with Crippen LogP contribution in [-0.2, 0) is 11.3 Å². The number of amides is 1. The Morgan fingerprint density at radius 2 is 2.17 bits per heavy atom. The lowest BCUT2D eigenvalue weighted by Gasteiger charge is -2.31. The lowest BCUT2D eigenvalue weighted by molar-refractivity contribution is -0.127. The second kappa shape index (κ2) is 5.44. The van der Waals surface area contributed by atoms with Gasteiger partial charge in [0.25, 0.3) is 0 Å². The molecule has 0 spiro atoms. The van der Waals surface area contributed by atoms with E-state index < -0.39 is 5.54 Å². The molecular weight excluding hydrogens is 228 g/mol. The van der Waals surface area contributed by atoms with E-state index in [0.29, 0.717) is 12.4 Å². The molecule has 5 heteroatoms. The quantitative estimate of drug-likeness (QED) is 0.838. The zero-order chi connectivity index (χ0) is 13.0. The van der Waals surface area contributed by atoms with Gasteiger partial charge in [-0.1, -0.05) is 19.3 Å². The number of carbonyl (C=O) groups excluding carboxylic acids is 1. The van der Waals surface area contributed by atoms with Gasteiger partial charge in [-0.25, -0.2) is 9.97 Å². The van der Waals surface area contributed by atoms with Gasteiger partial charge in [0.2, 0.25) is 5.91 Å². The first-order valence-electron chi connectivity index (χ1n) is 6.46. The monoisotopic (exact) mass is 248 g/mol. The van der Waals surface area contributed by atoms with Crippen LogP contribution in [0, 0.1) is 6.92 Å². The van der Waals surface area contributed by atoms with Gasteiger partial charge in [-0.2, -0.15) is 0 Å². The van der Waals surface area contributed by atoms with Crippen LogP contribution < -0.4 is 11.1 Å². The Kier molecular flexibility index (Phi) is 3.91. The van der Waals surface area contributed by atoms with Crippen molar-refractivity contribution in [3.05, 3.63) is 23.8 Å². The Balaban J connectivity index is 1.91. The fraction of sp³-hybridized carbons (Fsp3) is 0.615. The number of aryl methyl sites for hydroxylation is 1. The van der Waals surface area contributed by atoms with Crippen LogP contribution in [-0.4, -0.2) is 21.4 Å². The smallest absolute Gasteiger partial charge is 0.240 e. The van der Waals surface area contributed by atoms with E-state index in [0.717, 1.165) is 31.4 Å². The van der Waals surface area contributed by atoms with E-state index in [1.54, 1.807) is 12.3 Å². The summed E-state index contributed by atoms with van der Waals surface area (Å²) in [6, 6.07) is 1.80. The molecule has 0 aromatic carbocycles. The number of nitrogens with two attached hydrogens (primary N) is 1. The van der Waals surface area contributed by atoms with Crippen molar-refractivity contribution in [1.29, 1.82) is 0 Å². The second-order valence-corrected chi connectivity index (χ2v) is 4.99. The largest absolute Gasteiger partial charge is 0.349 e. The van der Waals surface area contributed by atoms with E-state index in [2.05, 4.69) is 15.3 Å². The van der Waals surface area contributed by atoms with Gasteiger partial charge in [-0.15, -0.1) is 0 Å². The summed E-state index contributed by atoms with van der Waals surface area (Å²) in [6.45, 7) is 2.25. The molecule has 0 aliphatic heterocycles. The summed E-state index contributed by atoms with van der Waals surface area (Å²) >= 11 is 0. The third-order valence-electron chi connectivity index (χ3n) is 3.46. The number of hydrogen-bond donors (Lipinski definition) is 2. The van der Waals surface area contributed by atoms with Crippen molar-refractivity contribution in [2.24, 2.45) is 5.73 Å². The molecule has 1 fully saturated rings. The van der Waals surface area contributed by atoms with Gasteiger partial charge in [0.15, 0.2) is 0 Å². The minimum Gasteiger partial charge on any atom is -0.349 e. The first-order chi connectivity index (χ1) is 8.60. The van der Waals surface area contributed by atoms with Crippen LogP contribution in [0.25, 0.3) is 0 Å². The molecule has 1 aromatic heterocycles. The zero-order valence-corrected chi connectivity index (χ0v) is 10.8. The van der Waals surface area contributed by atoms with Gasteiger partial charge in [0.1, 0.15) is 5.82 Å². The molecule has 2 rings (SSSR count). The van der Waals surface area contributed by atoms with Crippen molar-refractivity contribution in [1.82, 2.24) is 15.3 Å². The van der Waals surface area contributed by atoms with Gasteiger partial charge in [0, 0.05) is 6.20 Å². The summed E-state index contributed by atoms with van der Waals surface area (Å²) in [5.74, 6) is 0.653. The highest BCUT2D eigenvalue weighted by atomic mass is 16.2. The van der Waals surface area contributed by atoms with E-state index in [4.69, 9.17) is 5.73 Å². The highest BCUT2D eigenvalue weighted by molar-refractivity contribution is 5.86. The third-order valence-corrected chi connectivity index (χ3v) is 3.46. The van der Waals surface area contributed by atoms with Crippen molar-refractivity contribution >= 4 is 5.91 Å². The van der Waals surface area contributed by atoms with E-state index >= 15 is 0 Å². The molecule has 1 aliphatic carbocycles. The Bertz CT molecular complexity index is 427. The number of aromatic nitrogens is 2. The summed E-state index contributed by atoms with van der Waals surface area (Å²) in [5.41, 5.74) is 6.29. The summed E-state index contributed by atoms with van der Waals surface area (Å²) in [5, 5.41) is 2.88. The number of rotatable bonds is 3. The predicted molar refractivity (Wildman–Crippen MR) is 68.6 cm³/mol. The van der Waals surface area contributed by atoms with Crippen LogP contribution in [0.15, 0.2) is 12.3 Å². The molecule has 1 heterocycles. The lowest BCUT2D eigenvalue weighted by atomic mass is 9.82. The number of hydrogen-bond acceptors (Lipinski definition) is 4. The van der Waals surface area contributed by atoms with E-state index in [9.17, 15) is 4.79 Å². The summed E-state index contributed by atoms with van der Waals surface area (Å²) in [4.78, 5) is 20.4. The lowest BCUT2D eigenvalue weighted by Crippen LogP contribution is -2.54. The SMILES string of the molecule is Cc1nccc(CNC(=O)C2(N)CCCCC2)n1. The Labute approximate surface area is 107 Å². The van der Waals surface area contributed by atoms with Gasteiger partial charge in [0.05, 0.1) is 17.8 Å². The molecule has 1 amide bonds. The summed E-state index contributed by atoms with van der Waals surface area (Å²) < 4.78 is 0. The molecule has 3 N–H and O–H groups in total. The Morgan fingerprint density at radius 3 is 2.83 bits per heavy atom. The van der Waals surface area contributed by atoms with Gasteiger partial charge in [-0.3, -0.25) is 4.79 Å². The highest BCUT2D eigenvalue weighted by Crippen LogP contribution is 2.25. The standard InChI is InChI=1S/C13H20N4O/c1-10-15-8-5-11(17-10)9-16-12(18)13(14)6-3-2-4-7-13/h5,8H,2-4,6-7,9,14H2,1H3,(H,16,18). The molecule has 0 saturated heterocycles. The molecule has 0 bridgehead atoms. The maximum absolute atomic E-state index is 12.1. The summed E-state index contributed by atoms with van der Waals surface area (Å²) in [6.07, 6.45) is 6.51. The molecule has 1 aliphatic rings. The van der Waals surface area contributed by atoms with Crippen LogP contribution >= 0.6 is 0 Å². The average Bonchev–Trinajstić information content (AvgIpc) is 2.37. The Morgan fingerprint density at radius 1 is 1.44 bits per heavy atom. The molecule has 1 saturated carbocycles. The van der Waals surface area contributed by atoms with Crippen LogP contribution in [0.2, 0.25) is 0 Å². The molecule has 0 atom stereocenters. The van der Waals surface area contributed by atoms with Crippen LogP contribution in [0.5, 0.6) is 0 Å². The molecule has 0 unspecified atom stereocenters. The second-order valence-electron chi connectivity index (χ2n) is 4.99. The normalized spacial score (nSPS) is 18.3. The first kappa shape index (κ1) is 13.0. The van der Waals surface area contributed by atoms with Crippen LogP contribution in [0.3, 0.4) is 0 Å². The molecule has 18 heavy (non-hydrogen) atoms. The molecule has 98 valence electrons. The number of carbonyl (C=O) groups is 1. The minimum absolute atomic E-state index is 0.0570. The minimum atomic E-state index is -0.680. The average molecular weight is 248 g/mol. The molecular formula is C13H20N4O. The van der Waals surface area contributed by atoms with Gasteiger partial charge >= 0.3 is 0 Å². The summed E-state index contributed by atoms with van der Waals surface area (Å²) in [7, 11) is 0. The maximum Gasteiger partial charge on any atom is 0.240 e. The predicted octanol–water partition coefficient (Wildman–Crippen LogP) is 1.06. The van der Waals surface area contributed by atoms with Crippen LogP contribution in [0.1, 0.15) is 43.6 Å². The maximum atomic E-state index is 12.1. The van der Waals surface area contributed by atoms with Gasteiger partial charge in [-0.05, 0) is 25.8 Å². The molecule has 5 nitrogen and oxygen atoms in total. The highest BCUT2D eigenvalue weighted by Gasteiger charge is 2.34.